The Hall–Kier alpha value is -0.340. The molecule has 3 saturated carbocycles. The molecule has 8 atom stereocenters. The molecule has 0 aliphatic heterocycles. The maximum absolute atomic E-state index is 10.8. The van der Waals surface area contributed by atoms with Crippen LogP contribution in [0.5, 0.6) is 0 Å². The highest BCUT2D eigenvalue weighted by molar-refractivity contribution is 5.34. The molecular formula is C30H53NO. The van der Waals surface area contributed by atoms with Crippen molar-refractivity contribution in [2.24, 2.45) is 57.0 Å². The third-order valence-corrected chi connectivity index (χ3v) is 12.0. The fourth-order valence-corrected chi connectivity index (χ4v) is 9.94. The fraction of sp³-hybridized carbons (Fsp3) is 0.933. The number of fused-ring (bicyclic) bond motifs is 5. The Morgan fingerprint density at radius 2 is 1.72 bits per heavy atom. The average molecular weight is 444 g/mol. The molecule has 32 heavy (non-hydrogen) atoms. The van der Waals surface area contributed by atoms with Gasteiger partial charge >= 0.3 is 0 Å². The Balaban J connectivity index is 1.64. The molecule has 0 heterocycles. The van der Waals surface area contributed by atoms with E-state index in [-0.39, 0.29) is 16.9 Å². The molecule has 0 bridgehead atoms. The first kappa shape index (κ1) is 24.8. The Labute approximate surface area is 199 Å². The van der Waals surface area contributed by atoms with Gasteiger partial charge in [0.15, 0.2) is 0 Å². The smallest absolute Gasteiger partial charge is 0.0594 e. The molecule has 4 aliphatic rings. The van der Waals surface area contributed by atoms with E-state index in [0.717, 1.165) is 37.1 Å². The van der Waals surface area contributed by atoms with Crippen LogP contribution in [0.3, 0.4) is 0 Å². The maximum Gasteiger partial charge on any atom is 0.0594 e. The van der Waals surface area contributed by atoms with Gasteiger partial charge in [0.1, 0.15) is 0 Å². The van der Waals surface area contributed by atoms with Crippen molar-refractivity contribution in [3.63, 3.8) is 0 Å². The molecule has 184 valence electrons. The molecule has 3 N–H and O–H groups in total. The van der Waals surface area contributed by atoms with Crippen LogP contribution >= 0.6 is 0 Å². The summed E-state index contributed by atoms with van der Waals surface area (Å²) in [5.41, 5.74) is 9.43. The van der Waals surface area contributed by atoms with Crippen molar-refractivity contribution in [3.05, 3.63) is 11.6 Å². The predicted molar refractivity (Wildman–Crippen MR) is 136 cm³/mol. The Morgan fingerprint density at radius 1 is 1.00 bits per heavy atom. The minimum absolute atomic E-state index is 0.00873. The van der Waals surface area contributed by atoms with E-state index >= 15 is 0 Å². The highest BCUT2D eigenvalue weighted by Crippen LogP contribution is 2.73. The third-order valence-electron chi connectivity index (χ3n) is 12.0. The van der Waals surface area contributed by atoms with Gasteiger partial charge in [-0.2, -0.15) is 0 Å². The predicted octanol–water partition coefficient (Wildman–Crippen LogP) is 7.35. The molecule has 2 heteroatoms. The van der Waals surface area contributed by atoms with Crippen LogP contribution in [0.4, 0.5) is 0 Å². The minimum atomic E-state index is -0.157. The van der Waals surface area contributed by atoms with Crippen molar-refractivity contribution < 1.29 is 5.11 Å². The largest absolute Gasteiger partial charge is 0.393 e. The molecule has 0 spiro atoms. The highest BCUT2D eigenvalue weighted by Gasteiger charge is 2.66. The van der Waals surface area contributed by atoms with Crippen molar-refractivity contribution in [1.82, 2.24) is 0 Å². The molecule has 0 aromatic rings. The number of hydrogen-bond acceptors (Lipinski definition) is 2. The first-order chi connectivity index (χ1) is 14.9. The van der Waals surface area contributed by atoms with Gasteiger partial charge in [0.05, 0.1) is 6.10 Å². The molecule has 0 aromatic carbocycles. The number of aliphatic hydroxyl groups is 1. The third kappa shape index (κ3) is 3.40. The summed E-state index contributed by atoms with van der Waals surface area (Å²) in [6.45, 7) is 18.0. The van der Waals surface area contributed by atoms with Crippen LogP contribution in [0.2, 0.25) is 0 Å². The topological polar surface area (TPSA) is 46.2 Å². The van der Waals surface area contributed by atoms with E-state index in [4.69, 9.17) is 5.73 Å². The zero-order valence-corrected chi connectivity index (χ0v) is 22.3. The van der Waals surface area contributed by atoms with Gasteiger partial charge in [0.2, 0.25) is 0 Å². The molecule has 1 unspecified atom stereocenters. The van der Waals surface area contributed by atoms with Crippen LogP contribution in [-0.2, 0) is 0 Å². The number of allylic oxidation sites excluding steroid dienone is 1. The van der Waals surface area contributed by atoms with Crippen molar-refractivity contribution >= 4 is 0 Å². The van der Waals surface area contributed by atoms with E-state index in [2.05, 4.69) is 54.5 Å². The van der Waals surface area contributed by atoms with Gasteiger partial charge in [-0.15, -0.1) is 0 Å². The van der Waals surface area contributed by atoms with E-state index in [1.54, 1.807) is 5.57 Å². The normalized spacial score (nSPS) is 46.2. The fourth-order valence-electron chi connectivity index (χ4n) is 9.94. The van der Waals surface area contributed by atoms with Crippen LogP contribution in [0.25, 0.3) is 0 Å². The Kier molecular flexibility index (Phi) is 6.50. The van der Waals surface area contributed by atoms with Crippen LogP contribution < -0.4 is 5.73 Å². The van der Waals surface area contributed by atoms with Gasteiger partial charge in [0, 0.05) is 12.0 Å². The number of rotatable bonds is 6. The molecule has 0 radical (unpaired) electrons. The SMILES string of the molecule is CC(C)CCC[C@@H](C)[C@H]1CC[C@@]2(CN)C3=CCC4C(C)(C)[C@@H](O)CC[C@]4(C)[C@H]3CC[C@]12C. The van der Waals surface area contributed by atoms with Gasteiger partial charge in [-0.1, -0.05) is 79.4 Å². The Bertz CT molecular complexity index is 724. The summed E-state index contributed by atoms with van der Waals surface area (Å²) < 4.78 is 0. The molecule has 4 aliphatic carbocycles. The van der Waals surface area contributed by atoms with E-state index in [1.165, 1.54) is 51.4 Å². The van der Waals surface area contributed by atoms with Crippen molar-refractivity contribution in [1.29, 1.82) is 0 Å². The zero-order valence-electron chi connectivity index (χ0n) is 22.3. The number of hydrogen-bond donors (Lipinski definition) is 2. The first-order valence-electron chi connectivity index (χ1n) is 14.0. The monoisotopic (exact) mass is 443 g/mol. The van der Waals surface area contributed by atoms with Crippen LogP contribution in [0, 0.1) is 51.2 Å². The second-order valence-electron chi connectivity index (χ2n) is 14.1. The lowest BCUT2D eigenvalue weighted by Crippen LogP contribution is -2.59. The maximum atomic E-state index is 10.8. The van der Waals surface area contributed by atoms with Gasteiger partial charge in [-0.3, -0.25) is 0 Å². The van der Waals surface area contributed by atoms with E-state index in [1.807, 2.05) is 0 Å². The number of nitrogens with two attached hydrogens (primary N) is 1. The summed E-state index contributed by atoms with van der Waals surface area (Å²) in [5.74, 6) is 3.69. The first-order valence-corrected chi connectivity index (χ1v) is 14.0. The van der Waals surface area contributed by atoms with Gasteiger partial charge in [0.25, 0.3) is 0 Å². The average Bonchev–Trinajstić information content (AvgIpc) is 3.04. The standard InChI is InChI=1S/C30H53NO/c1-20(2)9-8-10-21(3)22-14-18-30(19-31)24-11-12-25-27(4,5)26(32)15-16-28(25,6)23(24)13-17-29(22,30)7/h11,20-23,25-26,32H,8-10,12-19,31H2,1-7H3/t21-,22-,23+,25?,26+,28-,29-,30-/m1/s1. The van der Waals surface area contributed by atoms with Gasteiger partial charge in [-0.05, 0) is 90.8 Å². The molecule has 0 amide bonds. The molecular weight excluding hydrogens is 390 g/mol. The summed E-state index contributed by atoms with van der Waals surface area (Å²) >= 11 is 0. The summed E-state index contributed by atoms with van der Waals surface area (Å²) in [4.78, 5) is 0. The lowest BCUT2D eigenvalue weighted by Gasteiger charge is -2.64. The summed E-state index contributed by atoms with van der Waals surface area (Å²) in [6, 6.07) is 0. The van der Waals surface area contributed by atoms with Crippen molar-refractivity contribution in [2.75, 3.05) is 6.54 Å². The molecule has 0 aromatic heterocycles. The molecule has 4 rings (SSSR count). The van der Waals surface area contributed by atoms with Gasteiger partial charge < -0.3 is 10.8 Å². The van der Waals surface area contributed by atoms with E-state index in [9.17, 15) is 5.11 Å². The van der Waals surface area contributed by atoms with Crippen molar-refractivity contribution in [2.45, 2.75) is 119 Å². The summed E-state index contributed by atoms with van der Waals surface area (Å²) in [7, 11) is 0. The van der Waals surface area contributed by atoms with E-state index in [0.29, 0.717) is 22.7 Å². The molecule has 2 nitrogen and oxygen atoms in total. The second-order valence-corrected chi connectivity index (χ2v) is 14.1. The summed E-state index contributed by atoms with van der Waals surface area (Å²) in [6.07, 6.45) is 15.3. The van der Waals surface area contributed by atoms with Crippen LogP contribution in [0.1, 0.15) is 113 Å². The van der Waals surface area contributed by atoms with Crippen LogP contribution in [0.15, 0.2) is 11.6 Å². The lowest BCUT2D eigenvalue weighted by atomic mass is 9.40. The summed E-state index contributed by atoms with van der Waals surface area (Å²) in [5, 5.41) is 10.8. The molecule has 3 fully saturated rings. The zero-order chi connectivity index (χ0) is 23.5. The highest BCUT2D eigenvalue weighted by atomic mass is 16.3. The lowest BCUT2D eigenvalue weighted by molar-refractivity contribution is -0.132. The van der Waals surface area contributed by atoms with Crippen LogP contribution in [-0.4, -0.2) is 17.8 Å². The quantitative estimate of drug-likeness (QED) is 0.421. The van der Waals surface area contributed by atoms with Gasteiger partial charge in [-0.25, -0.2) is 0 Å². The Morgan fingerprint density at radius 3 is 2.38 bits per heavy atom. The van der Waals surface area contributed by atoms with Crippen molar-refractivity contribution in [3.8, 4) is 0 Å². The molecule has 0 saturated heterocycles. The second kappa shape index (κ2) is 8.40. The van der Waals surface area contributed by atoms with E-state index < -0.39 is 0 Å². The minimum Gasteiger partial charge on any atom is -0.393 e. The number of aliphatic hydroxyl groups excluding tert-OH is 1.